The van der Waals surface area contributed by atoms with Crippen molar-refractivity contribution in [3.05, 3.63) is 65.0 Å². The fraction of sp³-hybridized carbons (Fsp3) is 0.286. The highest BCUT2D eigenvalue weighted by atomic mass is 35.5. The minimum Gasteiger partial charge on any atom is -0.337 e. The Morgan fingerprint density at radius 3 is 2.65 bits per heavy atom. The first-order valence-corrected chi connectivity index (χ1v) is 10.0. The molecule has 1 unspecified atom stereocenters. The van der Waals surface area contributed by atoms with E-state index in [1.54, 1.807) is 29.2 Å². The summed E-state index contributed by atoms with van der Waals surface area (Å²) in [5, 5.41) is 7.19. The molecule has 0 bridgehead atoms. The minimum atomic E-state index is -4.43. The van der Waals surface area contributed by atoms with Gasteiger partial charge in [-0.15, -0.1) is 0 Å². The molecule has 31 heavy (non-hydrogen) atoms. The van der Waals surface area contributed by atoms with Crippen LogP contribution in [0.4, 0.5) is 23.7 Å². The van der Waals surface area contributed by atoms with E-state index in [0.717, 1.165) is 25.0 Å². The van der Waals surface area contributed by atoms with E-state index in [-0.39, 0.29) is 5.69 Å². The summed E-state index contributed by atoms with van der Waals surface area (Å²) < 4.78 is 43.6. The summed E-state index contributed by atoms with van der Waals surface area (Å²) in [5.74, 6) is 0.670. The molecule has 1 aliphatic rings. The van der Waals surface area contributed by atoms with Gasteiger partial charge in [0.25, 0.3) is 0 Å². The standard InChI is InChI=1S/C21H18ClF3N4O2/c22-15-5-3-4-13(12-15)18-27-19(31-28-18)17-6-1-2-11-29(17)20(30)26-16-9-7-14(8-10-16)21(23,24)25/h3-5,7-10,12,17H,1-2,6,11H2,(H,26,30). The molecule has 0 saturated carbocycles. The number of hydrogen-bond acceptors (Lipinski definition) is 4. The van der Waals surface area contributed by atoms with Crippen LogP contribution in [-0.4, -0.2) is 27.6 Å². The fourth-order valence-corrected chi connectivity index (χ4v) is 3.67. The summed E-state index contributed by atoms with van der Waals surface area (Å²) in [5.41, 5.74) is 0.187. The second-order valence-corrected chi connectivity index (χ2v) is 7.61. The van der Waals surface area contributed by atoms with Gasteiger partial charge in [0.2, 0.25) is 11.7 Å². The molecule has 1 aromatic heterocycles. The number of carbonyl (C=O) groups is 1. The largest absolute Gasteiger partial charge is 0.416 e. The van der Waals surface area contributed by atoms with Crippen LogP contribution in [0.2, 0.25) is 5.02 Å². The number of aromatic nitrogens is 2. The highest BCUT2D eigenvalue weighted by molar-refractivity contribution is 6.30. The van der Waals surface area contributed by atoms with Gasteiger partial charge in [0, 0.05) is 22.8 Å². The molecule has 0 radical (unpaired) electrons. The van der Waals surface area contributed by atoms with Crippen LogP contribution >= 0.6 is 11.6 Å². The van der Waals surface area contributed by atoms with Crippen LogP contribution in [0.25, 0.3) is 11.4 Å². The number of likely N-dealkylation sites (tertiary alicyclic amines) is 1. The van der Waals surface area contributed by atoms with E-state index in [1.807, 2.05) is 0 Å². The number of carbonyl (C=O) groups excluding carboxylic acids is 1. The van der Waals surface area contributed by atoms with Crippen molar-refractivity contribution in [2.45, 2.75) is 31.5 Å². The number of amides is 2. The molecular weight excluding hydrogens is 433 g/mol. The number of rotatable bonds is 3. The first kappa shape index (κ1) is 21.2. The van der Waals surface area contributed by atoms with E-state index < -0.39 is 23.8 Å². The van der Waals surface area contributed by atoms with Crippen LogP contribution in [0.15, 0.2) is 53.1 Å². The summed E-state index contributed by atoms with van der Waals surface area (Å²) in [6.07, 6.45) is -2.12. The molecule has 1 aliphatic heterocycles. The third-order valence-electron chi connectivity index (χ3n) is 5.04. The maximum Gasteiger partial charge on any atom is 0.416 e. The van der Waals surface area contributed by atoms with E-state index in [4.69, 9.17) is 16.1 Å². The number of alkyl halides is 3. The predicted molar refractivity (Wildman–Crippen MR) is 109 cm³/mol. The normalized spacial score (nSPS) is 16.9. The smallest absolute Gasteiger partial charge is 0.337 e. The molecule has 2 heterocycles. The van der Waals surface area contributed by atoms with Gasteiger partial charge in [0.15, 0.2) is 0 Å². The maximum absolute atomic E-state index is 12.8. The third kappa shape index (κ3) is 4.82. The Hall–Kier alpha value is -3.07. The van der Waals surface area contributed by atoms with Gasteiger partial charge < -0.3 is 14.7 Å². The lowest BCUT2D eigenvalue weighted by Gasteiger charge is -2.33. The third-order valence-corrected chi connectivity index (χ3v) is 5.27. The zero-order chi connectivity index (χ0) is 22.0. The van der Waals surface area contributed by atoms with Crippen molar-refractivity contribution in [2.24, 2.45) is 0 Å². The predicted octanol–water partition coefficient (Wildman–Crippen LogP) is 6.17. The average Bonchev–Trinajstić information content (AvgIpc) is 3.24. The van der Waals surface area contributed by atoms with Crippen LogP contribution in [0.1, 0.15) is 36.8 Å². The summed E-state index contributed by atoms with van der Waals surface area (Å²) in [6.45, 7) is 0.464. The molecular formula is C21H18ClF3N4O2. The molecule has 2 aromatic carbocycles. The molecule has 0 aliphatic carbocycles. The number of hydrogen-bond donors (Lipinski definition) is 1. The van der Waals surface area contributed by atoms with Crippen molar-refractivity contribution < 1.29 is 22.5 Å². The van der Waals surface area contributed by atoms with E-state index >= 15 is 0 Å². The van der Waals surface area contributed by atoms with Crippen molar-refractivity contribution in [1.82, 2.24) is 15.0 Å². The second-order valence-electron chi connectivity index (χ2n) is 7.18. The SMILES string of the molecule is O=C(Nc1ccc(C(F)(F)F)cc1)N1CCCCC1c1nc(-c2cccc(Cl)c2)no1. The number of piperidine rings is 1. The number of benzene rings is 2. The van der Waals surface area contributed by atoms with E-state index in [0.29, 0.717) is 35.3 Å². The first-order chi connectivity index (χ1) is 14.8. The van der Waals surface area contributed by atoms with Crippen molar-refractivity contribution in [1.29, 1.82) is 0 Å². The van der Waals surface area contributed by atoms with Gasteiger partial charge in [-0.05, 0) is 55.7 Å². The molecule has 10 heteroatoms. The van der Waals surface area contributed by atoms with Gasteiger partial charge in [-0.2, -0.15) is 18.2 Å². The average molecular weight is 451 g/mol. The number of halogens is 4. The van der Waals surface area contributed by atoms with Crippen molar-refractivity contribution in [3.63, 3.8) is 0 Å². The number of nitrogens with zero attached hydrogens (tertiary/aromatic N) is 3. The molecule has 1 saturated heterocycles. The van der Waals surface area contributed by atoms with Crippen LogP contribution in [0.3, 0.4) is 0 Å². The topological polar surface area (TPSA) is 71.3 Å². The lowest BCUT2D eigenvalue weighted by Crippen LogP contribution is -2.41. The minimum absolute atomic E-state index is 0.271. The van der Waals surface area contributed by atoms with Crippen LogP contribution in [-0.2, 0) is 6.18 Å². The van der Waals surface area contributed by atoms with Crippen LogP contribution in [0, 0.1) is 0 Å². The molecule has 6 nitrogen and oxygen atoms in total. The Morgan fingerprint density at radius 1 is 1.16 bits per heavy atom. The molecule has 0 spiro atoms. The Labute approximate surface area is 181 Å². The molecule has 1 atom stereocenters. The summed E-state index contributed by atoms with van der Waals surface area (Å²) in [7, 11) is 0. The Bertz CT molecular complexity index is 1070. The van der Waals surface area contributed by atoms with Gasteiger partial charge >= 0.3 is 12.2 Å². The van der Waals surface area contributed by atoms with Crippen LogP contribution < -0.4 is 5.32 Å². The Balaban J connectivity index is 1.50. The Kier molecular flexibility index (Phi) is 5.86. The van der Waals surface area contributed by atoms with Gasteiger partial charge in [0.05, 0.1) is 5.56 Å². The number of nitrogens with one attached hydrogen (secondary N) is 1. The quantitative estimate of drug-likeness (QED) is 0.518. The van der Waals surface area contributed by atoms with E-state index in [9.17, 15) is 18.0 Å². The lowest BCUT2D eigenvalue weighted by molar-refractivity contribution is -0.137. The fourth-order valence-electron chi connectivity index (χ4n) is 3.48. The summed E-state index contributed by atoms with van der Waals surface area (Å²) >= 11 is 6.02. The maximum atomic E-state index is 12.8. The van der Waals surface area contributed by atoms with E-state index in [2.05, 4.69) is 15.5 Å². The van der Waals surface area contributed by atoms with E-state index in [1.165, 1.54) is 12.1 Å². The zero-order valence-corrected chi connectivity index (χ0v) is 17.0. The Morgan fingerprint density at radius 2 is 1.94 bits per heavy atom. The first-order valence-electron chi connectivity index (χ1n) is 9.66. The highest BCUT2D eigenvalue weighted by Crippen LogP contribution is 2.33. The number of anilines is 1. The van der Waals surface area contributed by atoms with Gasteiger partial charge in [-0.3, -0.25) is 0 Å². The lowest BCUT2D eigenvalue weighted by atomic mass is 10.0. The van der Waals surface area contributed by atoms with Gasteiger partial charge in [-0.1, -0.05) is 28.9 Å². The van der Waals surface area contributed by atoms with Gasteiger partial charge in [-0.25, -0.2) is 4.79 Å². The molecule has 4 rings (SSSR count). The molecule has 2 amide bonds. The van der Waals surface area contributed by atoms with Crippen molar-refractivity contribution in [2.75, 3.05) is 11.9 Å². The molecule has 3 aromatic rings. The zero-order valence-electron chi connectivity index (χ0n) is 16.2. The molecule has 162 valence electrons. The van der Waals surface area contributed by atoms with Crippen molar-refractivity contribution >= 4 is 23.3 Å². The number of urea groups is 1. The molecule has 1 N–H and O–H groups in total. The van der Waals surface area contributed by atoms with Gasteiger partial charge in [0.1, 0.15) is 6.04 Å². The van der Waals surface area contributed by atoms with Crippen molar-refractivity contribution in [3.8, 4) is 11.4 Å². The second kappa shape index (κ2) is 8.58. The highest BCUT2D eigenvalue weighted by Gasteiger charge is 2.33. The van der Waals surface area contributed by atoms with Crippen LogP contribution in [0.5, 0.6) is 0 Å². The molecule has 1 fully saturated rings. The summed E-state index contributed by atoms with van der Waals surface area (Å²) in [6, 6.07) is 10.5. The monoisotopic (exact) mass is 450 g/mol. The summed E-state index contributed by atoms with van der Waals surface area (Å²) in [4.78, 5) is 18.8.